The molecule has 202 valence electrons. The number of carbonyl (C=O) groups is 4. The Bertz CT molecular complexity index is 1260. The zero-order chi connectivity index (χ0) is 27.9. The highest BCUT2D eigenvalue weighted by atomic mass is 19.3. The van der Waals surface area contributed by atoms with E-state index in [4.69, 9.17) is 10.5 Å². The van der Waals surface area contributed by atoms with E-state index in [1.165, 1.54) is 0 Å². The fourth-order valence-electron chi connectivity index (χ4n) is 4.90. The number of nitrogens with two attached hydrogens (primary N) is 1. The van der Waals surface area contributed by atoms with Gasteiger partial charge in [0.1, 0.15) is 5.54 Å². The van der Waals surface area contributed by atoms with E-state index in [0.29, 0.717) is 16.8 Å². The van der Waals surface area contributed by atoms with Crippen LogP contribution in [0.2, 0.25) is 0 Å². The van der Waals surface area contributed by atoms with Crippen molar-refractivity contribution < 1.29 is 32.7 Å². The Hall–Kier alpha value is -3.89. The van der Waals surface area contributed by atoms with Crippen LogP contribution in [0.1, 0.15) is 68.6 Å². The number of halogens is 2. The van der Waals surface area contributed by atoms with Crippen molar-refractivity contribution in [2.45, 2.75) is 64.0 Å². The molecule has 1 saturated carbocycles. The lowest BCUT2D eigenvalue weighted by Gasteiger charge is -2.34. The molecule has 2 aromatic rings. The third-order valence-electron chi connectivity index (χ3n) is 7.01. The minimum atomic E-state index is -2.87. The molecule has 1 atom stereocenters. The molecule has 1 spiro atoms. The third-order valence-corrected chi connectivity index (χ3v) is 7.01. The number of imide groups is 1. The number of aromatic nitrogens is 1. The molecule has 3 N–H and O–H groups in total. The normalized spacial score (nSPS) is 19.2. The SMILES string of the molecule is CC(C)(C)C(OC(N)=O)c1ncccc1-c1ccc(C(=O)CN2C(=O)NC3(CCC(F)(F)CC3)C2=O)cc1. The summed E-state index contributed by atoms with van der Waals surface area (Å²) in [4.78, 5) is 55.2. The molecule has 11 heteroatoms. The summed E-state index contributed by atoms with van der Waals surface area (Å²) in [6.45, 7) is 5.16. The van der Waals surface area contributed by atoms with Crippen molar-refractivity contribution in [2.75, 3.05) is 6.54 Å². The number of hydrogen-bond acceptors (Lipinski definition) is 6. The topological polar surface area (TPSA) is 132 Å². The van der Waals surface area contributed by atoms with Crippen molar-refractivity contribution in [3.8, 4) is 11.1 Å². The number of rotatable bonds is 6. The number of hydrogen-bond donors (Lipinski definition) is 2. The molecule has 2 heterocycles. The lowest BCUT2D eigenvalue weighted by molar-refractivity contribution is -0.135. The maximum absolute atomic E-state index is 13.6. The maximum atomic E-state index is 13.6. The number of primary amides is 1. The van der Waals surface area contributed by atoms with E-state index in [-0.39, 0.29) is 18.4 Å². The van der Waals surface area contributed by atoms with Crippen LogP contribution >= 0.6 is 0 Å². The first-order valence-corrected chi connectivity index (χ1v) is 12.3. The molecule has 1 unspecified atom stereocenters. The highest BCUT2D eigenvalue weighted by molar-refractivity contribution is 6.11. The molecule has 1 aliphatic carbocycles. The Morgan fingerprint density at radius 3 is 2.32 bits per heavy atom. The van der Waals surface area contributed by atoms with Gasteiger partial charge in [0.2, 0.25) is 5.92 Å². The van der Waals surface area contributed by atoms with Gasteiger partial charge in [-0.25, -0.2) is 18.4 Å². The summed E-state index contributed by atoms with van der Waals surface area (Å²) in [5.41, 5.74) is 5.55. The number of alkyl halides is 2. The monoisotopic (exact) mass is 528 g/mol. The number of ether oxygens (including phenoxy) is 1. The van der Waals surface area contributed by atoms with Crippen molar-refractivity contribution in [3.05, 3.63) is 53.9 Å². The van der Waals surface area contributed by atoms with Crippen LogP contribution in [0.4, 0.5) is 18.4 Å². The molecule has 9 nitrogen and oxygen atoms in total. The van der Waals surface area contributed by atoms with Crippen LogP contribution in [0, 0.1) is 5.41 Å². The van der Waals surface area contributed by atoms with E-state index in [1.807, 2.05) is 26.8 Å². The Labute approximate surface area is 218 Å². The van der Waals surface area contributed by atoms with Crippen LogP contribution in [0.25, 0.3) is 11.1 Å². The number of nitrogens with zero attached hydrogens (tertiary/aromatic N) is 2. The van der Waals surface area contributed by atoms with Gasteiger partial charge in [0.25, 0.3) is 5.91 Å². The highest BCUT2D eigenvalue weighted by Crippen LogP contribution is 2.42. The summed E-state index contributed by atoms with van der Waals surface area (Å²) in [5, 5.41) is 2.54. The second-order valence-corrected chi connectivity index (χ2v) is 10.9. The lowest BCUT2D eigenvalue weighted by Crippen LogP contribution is -2.51. The van der Waals surface area contributed by atoms with Gasteiger partial charge in [-0.1, -0.05) is 51.1 Å². The molecule has 2 fully saturated rings. The minimum absolute atomic E-state index is 0.174. The Morgan fingerprint density at radius 2 is 1.74 bits per heavy atom. The fourth-order valence-corrected chi connectivity index (χ4v) is 4.90. The molecule has 0 radical (unpaired) electrons. The number of nitrogens with one attached hydrogen (secondary N) is 1. The minimum Gasteiger partial charge on any atom is -0.439 e. The number of benzene rings is 1. The molecule has 1 aromatic carbocycles. The Balaban J connectivity index is 1.52. The summed E-state index contributed by atoms with van der Waals surface area (Å²) in [6, 6.07) is 9.28. The molecule has 2 aliphatic rings. The molecule has 1 aliphatic heterocycles. The second-order valence-electron chi connectivity index (χ2n) is 10.9. The third kappa shape index (κ3) is 5.36. The van der Waals surface area contributed by atoms with E-state index in [1.54, 1.807) is 36.5 Å². The van der Waals surface area contributed by atoms with Gasteiger partial charge in [-0.15, -0.1) is 0 Å². The standard InChI is InChI=1S/C27H30F2N4O5/c1-25(2,3)21(38-23(30)36)20-18(5-4-14-31-20)16-6-8-17(9-7-16)19(34)15-33-22(35)26(32-24(33)37)10-12-27(28,29)13-11-26/h4-9,14,21H,10-13,15H2,1-3H3,(H2,30,36)(H,32,37). The van der Waals surface area contributed by atoms with E-state index < -0.39 is 66.2 Å². The van der Waals surface area contributed by atoms with Crippen LogP contribution in [0.5, 0.6) is 0 Å². The molecular weight excluding hydrogens is 498 g/mol. The van der Waals surface area contributed by atoms with Crippen LogP contribution in [0.15, 0.2) is 42.6 Å². The predicted octanol–water partition coefficient (Wildman–Crippen LogP) is 4.61. The molecule has 4 amide bonds. The van der Waals surface area contributed by atoms with Gasteiger partial charge in [0, 0.05) is 35.6 Å². The summed E-state index contributed by atoms with van der Waals surface area (Å²) in [6.07, 6.45) is -1.43. The number of Topliss-reactive ketones (excluding diaryl/α,β-unsaturated/α-hetero) is 1. The van der Waals surface area contributed by atoms with Crippen LogP contribution < -0.4 is 11.1 Å². The first-order chi connectivity index (χ1) is 17.7. The first-order valence-electron chi connectivity index (χ1n) is 12.3. The van der Waals surface area contributed by atoms with E-state index in [9.17, 15) is 28.0 Å². The summed E-state index contributed by atoms with van der Waals surface area (Å²) in [5.74, 6) is -3.99. The molecule has 38 heavy (non-hydrogen) atoms. The number of urea groups is 1. The number of pyridine rings is 1. The van der Waals surface area contributed by atoms with E-state index in [2.05, 4.69) is 10.3 Å². The van der Waals surface area contributed by atoms with Gasteiger partial charge >= 0.3 is 12.1 Å². The largest absolute Gasteiger partial charge is 0.439 e. The van der Waals surface area contributed by atoms with Crippen LogP contribution in [-0.4, -0.2) is 51.7 Å². The van der Waals surface area contributed by atoms with E-state index in [0.717, 1.165) is 4.90 Å². The van der Waals surface area contributed by atoms with Crippen molar-refractivity contribution in [1.29, 1.82) is 0 Å². The predicted molar refractivity (Wildman–Crippen MR) is 133 cm³/mol. The van der Waals surface area contributed by atoms with Crippen LogP contribution in [-0.2, 0) is 9.53 Å². The highest BCUT2D eigenvalue weighted by Gasteiger charge is 2.55. The van der Waals surface area contributed by atoms with Crippen molar-refractivity contribution >= 4 is 23.8 Å². The van der Waals surface area contributed by atoms with Crippen molar-refractivity contribution in [2.24, 2.45) is 11.1 Å². The first kappa shape index (κ1) is 27.2. The Morgan fingerprint density at radius 1 is 1.11 bits per heavy atom. The van der Waals surface area contributed by atoms with Gasteiger partial charge in [-0.3, -0.25) is 19.5 Å². The second kappa shape index (κ2) is 9.77. The number of amides is 4. The average molecular weight is 529 g/mol. The van der Waals surface area contributed by atoms with Gasteiger partial charge in [0.05, 0.1) is 12.2 Å². The zero-order valence-electron chi connectivity index (χ0n) is 21.4. The van der Waals surface area contributed by atoms with Crippen molar-refractivity contribution in [3.63, 3.8) is 0 Å². The summed E-state index contributed by atoms with van der Waals surface area (Å²) in [7, 11) is 0. The van der Waals surface area contributed by atoms with Crippen LogP contribution in [0.3, 0.4) is 0 Å². The molecular formula is C27H30F2N4O5. The lowest BCUT2D eigenvalue weighted by atomic mass is 9.80. The maximum Gasteiger partial charge on any atom is 0.405 e. The number of ketones is 1. The molecule has 1 saturated heterocycles. The fraction of sp³-hybridized carbons (Fsp3) is 0.444. The van der Waals surface area contributed by atoms with E-state index >= 15 is 0 Å². The molecule has 4 rings (SSSR count). The van der Waals surface area contributed by atoms with Gasteiger partial charge in [-0.05, 0) is 24.5 Å². The molecule has 0 bridgehead atoms. The summed E-state index contributed by atoms with van der Waals surface area (Å²) < 4.78 is 32.6. The van der Waals surface area contributed by atoms with Gasteiger partial charge in [0.15, 0.2) is 11.9 Å². The smallest absolute Gasteiger partial charge is 0.405 e. The quantitative estimate of drug-likeness (QED) is 0.416. The Kier molecular flexibility index (Phi) is 6.98. The zero-order valence-corrected chi connectivity index (χ0v) is 21.4. The number of carbonyl (C=O) groups excluding carboxylic acids is 4. The summed E-state index contributed by atoms with van der Waals surface area (Å²) >= 11 is 0. The van der Waals surface area contributed by atoms with Crippen molar-refractivity contribution in [1.82, 2.24) is 15.2 Å². The average Bonchev–Trinajstić information content (AvgIpc) is 3.08. The van der Waals surface area contributed by atoms with Gasteiger partial charge in [-0.2, -0.15) is 0 Å². The molecule has 1 aromatic heterocycles. The van der Waals surface area contributed by atoms with Gasteiger partial charge < -0.3 is 15.8 Å².